The molecule has 32 heavy (non-hydrogen) atoms. The Kier molecular flexibility index (Phi) is 5.64. The Bertz CT molecular complexity index is 1250. The molecule has 0 saturated carbocycles. The molecular weight excluding hydrogens is 422 g/mol. The fraction of sp³-hybridized carbons (Fsp3) is 0.160. The number of benzene rings is 3. The van der Waals surface area contributed by atoms with Crippen molar-refractivity contribution in [3.8, 4) is 28.6 Å². The van der Waals surface area contributed by atoms with Crippen molar-refractivity contribution in [2.24, 2.45) is 0 Å². The molecule has 4 aromatic rings. The molecule has 0 aliphatic carbocycles. The van der Waals surface area contributed by atoms with Crippen LogP contribution in [0.5, 0.6) is 11.5 Å². The van der Waals surface area contributed by atoms with Crippen molar-refractivity contribution in [2.45, 2.75) is 11.6 Å². The maximum Gasteiger partial charge on any atom is 0.196 e. The predicted molar refractivity (Wildman–Crippen MR) is 124 cm³/mol. The maximum absolute atomic E-state index is 12.9. The third-order valence-electron chi connectivity index (χ3n) is 5.34. The largest absolute Gasteiger partial charge is 0.497 e. The van der Waals surface area contributed by atoms with Crippen LogP contribution >= 0.6 is 11.8 Å². The molecule has 0 saturated heterocycles. The van der Waals surface area contributed by atoms with Gasteiger partial charge in [-0.15, -0.1) is 10.2 Å². The Morgan fingerprint density at radius 1 is 1.06 bits per heavy atom. The summed E-state index contributed by atoms with van der Waals surface area (Å²) in [6.45, 7) is 0.677. The molecule has 0 N–H and O–H groups in total. The van der Waals surface area contributed by atoms with Gasteiger partial charge in [-0.2, -0.15) is 0 Å². The van der Waals surface area contributed by atoms with Crippen LogP contribution in [0.4, 0.5) is 0 Å². The number of hydrogen-bond donors (Lipinski definition) is 0. The number of rotatable bonds is 7. The summed E-state index contributed by atoms with van der Waals surface area (Å²) in [6, 6.07) is 23.3. The van der Waals surface area contributed by atoms with E-state index in [0.717, 1.165) is 34.7 Å². The monoisotopic (exact) mass is 443 g/mol. The lowest BCUT2D eigenvalue weighted by atomic mass is 10.1. The first-order valence-electron chi connectivity index (χ1n) is 10.3. The summed E-state index contributed by atoms with van der Waals surface area (Å²) in [5.74, 6) is 2.69. The number of thioether (sulfide) groups is 1. The van der Waals surface area contributed by atoms with Crippen LogP contribution in [0, 0.1) is 0 Å². The van der Waals surface area contributed by atoms with E-state index in [2.05, 4.69) is 10.2 Å². The van der Waals surface area contributed by atoms with Gasteiger partial charge in [0.2, 0.25) is 0 Å². The number of methoxy groups -OCH3 is 1. The topological polar surface area (TPSA) is 66.2 Å². The zero-order chi connectivity index (χ0) is 21.9. The standard InChI is InChI=1S/C25H21N3O3S/c1-30-21-10-7-17(8-11-21)24-26-27-25(28(24)20-5-3-2-4-6-20)32-16-22(29)18-9-12-23-19(15-18)13-14-31-23/h2-12,15H,13-14,16H2,1H3. The van der Waals surface area contributed by atoms with Crippen molar-refractivity contribution >= 4 is 17.5 Å². The molecule has 1 aliphatic heterocycles. The summed E-state index contributed by atoms with van der Waals surface area (Å²) >= 11 is 1.39. The van der Waals surface area contributed by atoms with Crippen molar-refractivity contribution in [2.75, 3.05) is 19.5 Å². The van der Waals surface area contributed by atoms with Crippen LogP contribution in [-0.2, 0) is 6.42 Å². The van der Waals surface area contributed by atoms with Crippen LogP contribution in [0.1, 0.15) is 15.9 Å². The molecule has 0 unspecified atom stereocenters. The van der Waals surface area contributed by atoms with Crippen molar-refractivity contribution < 1.29 is 14.3 Å². The smallest absolute Gasteiger partial charge is 0.196 e. The van der Waals surface area contributed by atoms with Gasteiger partial charge in [-0.25, -0.2) is 0 Å². The van der Waals surface area contributed by atoms with Gasteiger partial charge in [-0.05, 0) is 60.2 Å². The molecule has 1 aromatic heterocycles. The minimum Gasteiger partial charge on any atom is -0.497 e. The van der Waals surface area contributed by atoms with E-state index >= 15 is 0 Å². The fourth-order valence-electron chi connectivity index (χ4n) is 3.67. The molecular formula is C25H21N3O3S. The number of hydrogen-bond acceptors (Lipinski definition) is 6. The van der Waals surface area contributed by atoms with Crippen LogP contribution in [0.3, 0.4) is 0 Å². The quantitative estimate of drug-likeness (QED) is 0.300. The lowest BCUT2D eigenvalue weighted by molar-refractivity contribution is 0.102. The minimum absolute atomic E-state index is 0.0540. The maximum atomic E-state index is 12.9. The second kappa shape index (κ2) is 8.88. The van der Waals surface area contributed by atoms with Crippen LogP contribution in [-0.4, -0.2) is 40.0 Å². The first kappa shape index (κ1) is 20.3. The Morgan fingerprint density at radius 2 is 1.88 bits per heavy atom. The predicted octanol–water partition coefficient (Wildman–Crippen LogP) is 4.85. The molecule has 1 aliphatic rings. The molecule has 6 nitrogen and oxygen atoms in total. The van der Waals surface area contributed by atoms with Gasteiger partial charge in [-0.1, -0.05) is 30.0 Å². The van der Waals surface area contributed by atoms with Crippen molar-refractivity contribution in [1.29, 1.82) is 0 Å². The van der Waals surface area contributed by atoms with Crippen LogP contribution < -0.4 is 9.47 Å². The molecule has 3 aromatic carbocycles. The number of ether oxygens (including phenoxy) is 2. The summed E-state index contributed by atoms with van der Waals surface area (Å²) in [6.07, 6.45) is 0.844. The Labute approximate surface area is 190 Å². The van der Waals surface area contributed by atoms with Crippen molar-refractivity contribution in [1.82, 2.24) is 14.8 Å². The zero-order valence-corrected chi connectivity index (χ0v) is 18.3. The highest BCUT2D eigenvalue weighted by Crippen LogP contribution is 2.30. The summed E-state index contributed by atoms with van der Waals surface area (Å²) in [5.41, 5.74) is 3.64. The van der Waals surface area contributed by atoms with E-state index < -0.39 is 0 Å². The molecule has 5 rings (SSSR count). The number of Topliss-reactive ketones (excluding diaryl/α,β-unsaturated/α-hetero) is 1. The van der Waals surface area contributed by atoms with Gasteiger partial charge >= 0.3 is 0 Å². The molecule has 0 fully saturated rings. The van der Waals surface area contributed by atoms with Crippen LogP contribution in [0.15, 0.2) is 78.0 Å². The highest BCUT2D eigenvalue weighted by Gasteiger charge is 2.19. The molecule has 7 heteroatoms. The molecule has 2 heterocycles. The number of fused-ring (bicyclic) bond motifs is 1. The first-order chi connectivity index (χ1) is 15.7. The minimum atomic E-state index is 0.0540. The Hall–Kier alpha value is -3.58. The zero-order valence-electron chi connectivity index (χ0n) is 17.5. The van der Waals surface area contributed by atoms with E-state index in [9.17, 15) is 4.79 Å². The van der Waals surface area contributed by atoms with E-state index in [-0.39, 0.29) is 11.5 Å². The van der Waals surface area contributed by atoms with Crippen LogP contribution in [0.25, 0.3) is 17.1 Å². The lowest BCUT2D eigenvalue weighted by Gasteiger charge is -2.10. The van der Waals surface area contributed by atoms with E-state index in [1.165, 1.54) is 11.8 Å². The van der Waals surface area contributed by atoms with Gasteiger partial charge in [0.15, 0.2) is 16.8 Å². The number of aromatic nitrogens is 3. The van der Waals surface area contributed by atoms with E-state index in [0.29, 0.717) is 23.2 Å². The number of para-hydroxylation sites is 1. The Morgan fingerprint density at radius 3 is 2.66 bits per heavy atom. The van der Waals surface area contributed by atoms with Crippen LogP contribution in [0.2, 0.25) is 0 Å². The summed E-state index contributed by atoms with van der Waals surface area (Å²) in [5, 5.41) is 9.51. The van der Waals surface area contributed by atoms with E-state index in [1.54, 1.807) is 7.11 Å². The normalized spacial score (nSPS) is 12.3. The lowest BCUT2D eigenvalue weighted by Crippen LogP contribution is -2.05. The third kappa shape index (κ3) is 3.99. The van der Waals surface area contributed by atoms with E-state index in [4.69, 9.17) is 9.47 Å². The average Bonchev–Trinajstić information content (AvgIpc) is 3.49. The Balaban J connectivity index is 1.43. The van der Waals surface area contributed by atoms with E-state index in [1.807, 2.05) is 77.4 Å². The van der Waals surface area contributed by atoms with Gasteiger partial charge < -0.3 is 9.47 Å². The van der Waals surface area contributed by atoms with Crippen molar-refractivity contribution in [3.63, 3.8) is 0 Å². The van der Waals surface area contributed by atoms with Gasteiger partial charge in [-0.3, -0.25) is 9.36 Å². The molecule has 0 amide bonds. The summed E-state index contributed by atoms with van der Waals surface area (Å²) in [7, 11) is 1.64. The highest BCUT2D eigenvalue weighted by molar-refractivity contribution is 7.99. The molecule has 0 atom stereocenters. The molecule has 0 spiro atoms. The van der Waals surface area contributed by atoms with Gasteiger partial charge in [0.1, 0.15) is 11.5 Å². The van der Waals surface area contributed by atoms with Crippen molar-refractivity contribution in [3.05, 3.63) is 83.9 Å². The number of carbonyl (C=O) groups is 1. The second-order valence-corrected chi connectivity index (χ2v) is 8.28. The highest BCUT2D eigenvalue weighted by atomic mass is 32.2. The SMILES string of the molecule is COc1ccc(-c2nnc(SCC(=O)c3ccc4c(c3)CCO4)n2-c2ccccc2)cc1. The molecule has 160 valence electrons. The average molecular weight is 444 g/mol. The number of carbonyl (C=O) groups excluding carboxylic acids is 1. The molecule has 0 bridgehead atoms. The fourth-order valence-corrected chi connectivity index (χ4v) is 4.52. The van der Waals surface area contributed by atoms with Gasteiger partial charge in [0.25, 0.3) is 0 Å². The van der Waals surface area contributed by atoms with Gasteiger partial charge in [0.05, 0.1) is 19.5 Å². The summed E-state index contributed by atoms with van der Waals surface area (Å²) in [4.78, 5) is 12.9. The molecule has 0 radical (unpaired) electrons. The number of nitrogens with zero attached hydrogens (tertiary/aromatic N) is 3. The second-order valence-electron chi connectivity index (χ2n) is 7.34. The third-order valence-corrected chi connectivity index (χ3v) is 6.27. The van der Waals surface area contributed by atoms with Gasteiger partial charge in [0, 0.05) is 23.2 Å². The summed E-state index contributed by atoms with van der Waals surface area (Å²) < 4.78 is 12.8. The first-order valence-corrected chi connectivity index (χ1v) is 11.3. The number of ketones is 1.